The van der Waals surface area contributed by atoms with Crippen molar-refractivity contribution in [3.05, 3.63) is 57.6 Å². The van der Waals surface area contributed by atoms with Gasteiger partial charge >= 0.3 is 5.97 Å². The molecule has 27 heavy (non-hydrogen) atoms. The lowest BCUT2D eigenvalue weighted by atomic mass is 10.1. The quantitative estimate of drug-likeness (QED) is 0.510. The van der Waals surface area contributed by atoms with Gasteiger partial charge in [-0.3, -0.25) is 9.52 Å². The van der Waals surface area contributed by atoms with E-state index in [0.29, 0.717) is 10.2 Å². The van der Waals surface area contributed by atoms with E-state index in [1.807, 2.05) is 0 Å². The van der Waals surface area contributed by atoms with Crippen molar-refractivity contribution in [1.82, 2.24) is 0 Å². The Kier molecular flexibility index (Phi) is 6.27. The Balaban J connectivity index is 2.12. The molecule has 1 atom stereocenters. The van der Waals surface area contributed by atoms with E-state index in [1.54, 1.807) is 13.0 Å². The van der Waals surface area contributed by atoms with E-state index < -0.39 is 27.9 Å². The fourth-order valence-corrected chi connectivity index (χ4v) is 3.46. The molecule has 0 radical (unpaired) electrons. The normalized spacial score (nSPS) is 12.3. The second-order valence-corrected chi connectivity index (χ2v) is 8.61. The molecule has 0 spiro atoms. The van der Waals surface area contributed by atoms with E-state index in [-0.39, 0.29) is 16.9 Å². The first-order chi connectivity index (χ1) is 12.5. The number of ketones is 1. The first-order valence-corrected chi connectivity index (χ1v) is 10.5. The van der Waals surface area contributed by atoms with Crippen molar-refractivity contribution in [1.29, 1.82) is 0 Å². The number of benzene rings is 2. The lowest BCUT2D eigenvalue weighted by Crippen LogP contribution is -2.24. The summed E-state index contributed by atoms with van der Waals surface area (Å²) in [5.41, 5.74) is 1.26. The van der Waals surface area contributed by atoms with Crippen LogP contribution in [0.4, 0.5) is 5.69 Å². The molecular weight excluding hydrogens is 438 g/mol. The first kappa shape index (κ1) is 20.9. The van der Waals surface area contributed by atoms with Gasteiger partial charge in [0.25, 0.3) is 0 Å². The third kappa shape index (κ3) is 5.54. The third-order valence-corrected chi connectivity index (χ3v) is 4.76. The Bertz CT molecular complexity index is 986. The lowest BCUT2D eigenvalue weighted by Gasteiger charge is -2.14. The average molecular weight is 456 g/mol. The minimum absolute atomic E-state index is 0.0470. The van der Waals surface area contributed by atoms with E-state index in [9.17, 15) is 23.1 Å². The highest BCUT2D eigenvalue weighted by atomic mass is 79.9. The maximum Gasteiger partial charge on any atom is 0.342 e. The summed E-state index contributed by atoms with van der Waals surface area (Å²) in [4.78, 5) is 24.7. The number of anilines is 1. The van der Waals surface area contributed by atoms with Crippen LogP contribution in [0.25, 0.3) is 0 Å². The molecule has 0 aliphatic heterocycles. The van der Waals surface area contributed by atoms with E-state index >= 15 is 0 Å². The van der Waals surface area contributed by atoms with Crippen LogP contribution in [-0.4, -0.2) is 37.6 Å². The molecule has 0 aromatic heterocycles. The SMILES string of the molecule is Cc1cc(Br)c(O)c(C(=O)OC(C)C(=O)c2ccc(NS(C)(=O)=O)cc2)c1. The standard InChI is InChI=1S/C18H18BrNO6S/c1-10-8-14(17(22)15(19)9-10)18(23)26-11(2)16(21)12-4-6-13(7-5-12)20-27(3,24)25/h4-9,11,20,22H,1-3H3. The number of phenolic OH excluding ortho intramolecular Hbond substituents is 1. The molecule has 0 saturated carbocycles. The molecule has 0 amide bonds. The number of carbonyl (C=O) groups excluding carboxylic acids is 2. The van der Waals surface area contributed by atoms with Gasteiger partial charge in [-0.05, 0) is 71.7 Å². The zero-order valence-electron chi connectivity index (χ0n) is 14.8. The molecule has 9 heteroatoms. The van der Waals surface area contributed by atoms with Gasteiger partial charge < -0.3 is 9.84 Å². The smallest absolute Gasteiger partial charge is 0.342 e. The van der Waals surface area contributed by atoms with Crippen LogP contribution in [0.2, 0.25) is 0 Å². The molecule has 0 saturated heterocycles. The van der Waals surface area contributed by atoms with Crippen LogP contribution in [0.3, 0.4) is 0 Å². The molecule has 2 rings (SSSR count). The molecule has 7 nitrogen and oxygen atoms in total. The van der Waals surface area contributed by atoms with Crippen molar-refractivity contribution in [3.63, 3.8) is 0 Å². The van der Waals surface area contributed by atoms with E-state index in [0.717, 1.165) is 11.8 Å². The fourth-order valence-electron chi connectivity index (χ4n) is 2.32. The zero-order chi connectivity index (χ0) is 20.4. The maximum absolute atomic E-state index is 12.4. The maximum atomic E-state index is 12.4. The predicted octanol–water partition coefficient (Wildman–Crippen LogP) is 3.26. The average Bonchev–Trinajstić information content (AvgIpc) is 2.56. The van der Waals surface area contributed by atoms with Crippen LogP contribution in [0.5, 0.6) is 5.75 Å². The predicted molar refractivity (Wildman–Crippen MR) is 105 cm³/mol. The molecule has 144 valence electrons. The van der Waals surface area contributed by atoms with Crippen molar-refractivity contribution < 1.29 is 27.9 Å². The number of hydrogen-bond donors (Lipinski definition) is 2. The number of halogens is 1. The number of ether oxygens (including phenoxy) is 1. The van der Waals surface area contributed by atoms with Crippen molar-refractivity contribution >= 4 is 43.4 Å². The monoisotopic (exact) mass is 455 g/mol. The minimum Gasteiger partial charge on any atom is -0.506 e. The summed E-state index contributed by atoms with van der Waals surface area (Å²) in [6.45, 7) is 3.17. The van der Waals surface area contributed by atoms with Crippen LogP contribution in [0, 0.1) is 6.92 Å². The largest absolute Gasteiger partial charge is 0.506 e. The van der Waals surface area contributed by atoms with Crippen LogP contribution < -0.4 is 4.72 Å². The highest BCUT2D eigenvalue weighted by Crippen LogP contribution is 2.30. The number of aromatic hydroxyl groups is 1. The van der Waals surface area contributed by atoms with Gasteiger partial charge in [0, 0.05) is 11.3 Å². The van der Waals surface area contributed by atoms with Gasteiger partial charge in [0.2, 0.25) is 15.8 Å². The van der Waals surface area contributed by atoms with Crippen LogP contribution >= 0.6 is 15.9 Å². The highest BCUT2D eigenvalue weighted by Gasteiger charge is 2.23. The van der Waals surface area contributed by atoms with Crippen LogP contribution in [-0.2, 0) is 14.8 Å². The number of nitrogens with one attached hydrogen (secondary N) is 1. The summed E-state index contributed by atoms with van der Waals surface area (Å²) in [6, 6.07) is 8.85. The van der Waals surface area contributed by atoms with Crippen LogP contribution in [0.15, 0.2) is 40.9 Å². The third-order valence-electron chi connectivity index (χ3n) is 3.55. The zero-order valence-corrected chi connectivity index (χ0v) is 17.2. The number of hydrogen-bond acceptors (Lipinski definition) is 6. The van der Waals surface area contributed by atoms with Gasteiger partial charge in [0.15, 0.2) is 6.10 Å². The molecule has 0 fully saturated rings. The Morgan fingerprint density at radius 2 is 1.78 bits per heavy atom. The summed E-state index contributed by atoms with van der Waals surface area (Å²) in [6.07, 6.45) is -0.0722. The van der Waals surface area contributed by atoms with Crippen molar-refractivity contribution in [2.45, 2.75) is 20.0 Å². The number of esters is 1. The number of rotatable bonds is 6. The van der Waals surface area contributed by atoms with E-state index in [1.165, 1.54) is 37.3 Å². The van der Waals surface area contributed by atoms with E-state index in [2.05, 4.69) is 20.7 Å². The summed E-state index contributed by atoms with van der Waals surface area (Å²) in [5.74, 6) is -1.55. The highest BCUT2D eigenvalue weighted by molar-refractivity contribution is 9.10. The molecule has 1 unspecified atom stereocenters. The Hall–Kier alpha value is -2.39. The fraction of sp³-hybridized carbons (Fsp3) is 0.222. The van der Waals surface area contributed by atoms with Gasteiger partial charge in [-0.2, -0.15) is 0 Å². The van der Waals surface area contributed by atoms with Crippen LogP contribution in [0.1, 0.15) is 33.2 Å². The van der Waals surface area contributed by atoms with Gasteiger partial charge in [-0.25, -0.2) is 13.2 Å². The topological polar surface area (TPSA) is 110 Å². The molecule has 2 aromatic carbocycles. The Morgan fingerprint density at radius 3 is 2.33 bits per heavy atom. The van der Waals surface area contributed by atoms with Gasteiger partial charge in [-0.15, -0.1) is 0 Å². The molecule has 0 heterocycles. The van der Waals surface area contributed by atoms with E-state index in [4.69, 9.17) is 4.74 Å². The minimum atomic E-state index is -3.42. The van der Waals surface area contributed by atoms with Gasteiger partial charge in [0.1, 0.15) is 11.3 Å². The number of carbonyl (C=O) groups is 2. The molecular formula is C18H18BrNO6S. The number of aryl methyl sites for hydroxylation is 1. The Morgan fingerprint density at radius 1 is 1.19 bits per heavy atom. The summed E-state index contributed by atoms with van der Waals surface area (Å²) >= 11 is 3.15. The van der Waals surface area contributed by atoms with Gasteiger partial charge in [0.05, 0.1) is 10.7 Å². The summed E-state index contributed by atoms with van der Waals surface area (Å²) < 4.78 is 30.2. The lowest BCUT2D eigenvalue weighted by molar-refractivity contribution is 0.0316. The second-order valence-electron chi connectivity index (χ2n) is 6.01. The molecule has 2 aromatic rings. The summed E-state index contributed by atoms with van der Waals surface area (Å²) in [7, 11) is -3.42. The number of phenols is 1. The Labute approximate surface area is 165 Å². The molecule has 0 bridgehead atoms. The second kappa shape index (κ2) is 8.10. The molecule has 0 aliphatic carbocycles. The van der Waals surface area contributed by atoms with Gasteiger partial charge in [-0.1, -0.05) is 0 Å². The molecule has 2 N–H and O–H groups in total. The first-order valence-electron chi connectivity index (χ1n) is 7.80. The van der Waals surface area contributed by atoms with Crippen molar-refractivity contribution in [3.8, 4) is 5.75 Å². The number of Topliss-reactive ketones (excluding diaryl/α,β-unsaturated/α-hetero) is 1. The number of sulfonamides is 1. The summed E-state index contributed by atoms with van der Waals surface area (Å²) in [5, 5.41) is 10.00. The van der Waals surface area contributed by atoms with Crippen molar-refractivity contribution in [2.75, 3.05) is 11.0 Å². The molecule has 0 aliphatic rings. The van der Waals surface area contributed by atoms with Crippen molar-refractivity contribution in [2.24, 2.45) is 0 Å².